The Morgan fingerprint density at radius 1 is 1.26 bits per heavy atom. The van der Waals surface area contributed by atoms with Crippen LogP contribution < -0.4 is 10.1 Å². The van der Waals surface area contributed by atoms with Crippen LogP contribution in [0, 0.1) is 17.2 Å². The Morgan fingerprint density at radius 3 is 2.91 bits per heavy atom. The number of aryl methyl sites for hydroxylation is 1. The molecule has 1 aliphatic heterocycles. The Kier molecular flexibility index (Phi) is 5.54. The quantitative estimate of drug-likeness (QED) is 0.492. The summed E-state index contributed by atoms with van der Waals surface area (Å²) in [6, 6.07) is 15.2. The number of amides is 1. The second-order valence-corrected chi connectivity index (χ2v) is 8.91. The van der Waals surface area contributed by atoms with Crippen molar-refractivity contribution in [2.24, 2.45) is 5.92 Å². The van der Waals surface area contributed by atoms with E-state index in [0.29, 0.717) is 30.7 Å². The van der Waals surface area contributed by atoms with E-state index in [0.717, 1.165) is 41.0 Å². The lowest BCUT2D eigenvalue weighted by Gasteiger charge is -2.27. The van der Waals surface area contributed by atoms with Gasteiger partial charge >= 0.3 is 5.97 Å². The van der Waals surface area contributed by atoms with Crippen LogP contribution in [-0.4, -0.2) is 33.8 Å². The molecular formula is C26H24N4O4. The normalized spacial score (nSPS) is 20.1. The number of carbonyl (C=O) groups excluding carboxylic acids is 1. The van der Waals surface area contributed by atoms with E-state index in [-0.39, 0.29) is 23.7 Å². The van der Waals surface area contributed by atoms with Gasteiger partial charge in [0.05, 0.1) is 23.9 Å². The Labute approximate surface area is 196 Å². The van der Waals surface area contributed by atoms with Crippen LogP contribution in [0.2, 0.25) is 0 Å². The highest BCUT2D eigenvalue weighted by Gasteiger charge is 2.61. The van der Waals surface area contributed by atoms with E-state index < -0.39 is 5.97 Å². The summed E-state index contributed by atoms with van der Waals surface area (Å²) in [6.45, 7) is 0.560. The van der Waals surface area contributed by atoms with E-state index in [1.165, 1.54) is 0 Å². The van der Waals surface area contributed by atoms with E-state index in [1.54, 1.807) is 24.4 Å². The minimum atomic E-state index is -0.855. The summed E-state index contributed by atoms with van der Waals surface area (Å²) < 4.78 is 5.89. The lowest BCUT2D eigenvalue weighted by Crippen LogP contribution is -2.27. The van der Waals surface area contributed by atoms with Crippen molar-refractivity contribution in [2.75, 3.05) is 11.9 Å². The van der Waals surface area contributed by atoms with Gasteiger partial charge in [-0.05, 0) is 67.6 Å². The molecule has 172 valence electrons. The molecule has 5 rings (SSSR count). The van der Waals surface area contributed by atoms with Crippen LogP contribution >= 0.6 is 0 Å². The first-order chi connectivity index (χ1) is 16.5. The molecule has 34 heavy (non-hydrogen) atoms. The number of anilines is 1. The van der Waals surface area contributed by atoms with Crippen LogP contribution in [0.25, 0.3) is 11.3 Å². The lowest BCUT2D eigenvalue weighted by molar-refractivity contribution is -0.137. The maximum atomic E-state index is 13.4. The maximum Gasteiger partial charge on any atom is 0.303 e. The molecule has 0 radical (unpaired) electrons. The van der Waals surface area contributed by atoms with Gasteiger partial charge in [-0.25, -0.2) is 0 Å². The van der Waals surface area contributed by atoms with Crippen LogP contribution in [0.15, 0.2) is 48.7 Å². The van der Waals surface area contributed by atoms with Gasteiger partial charge in [-0.15, -0.1) is 0 Å². The predicted octanol–water partition coefficient (Wildman–Crippen LogP) is 4.03. The number of aromatic amines is 1. The number of hydrogen-bond acceptors (Lipinski definition) is 5. The van der Waals surface area contributed by atoms with Crippen molar-refractivity contribution < 1.29 is 19.4 Å². The molecule has 1 fully saturated rings. The van der Waals surface area contributed by atoms with E-state index in [9.17, 15) is 14.9 Å². The molecule has 3 N–H and O–H groups in total. The third-order valence-corrected chi connectivity index (χ3v) is 6.86. The average molecular weight is 457 g/mol. The fraction of sp³-hybridized carbons (Fsp3) is 0.308. The first-order valence-corrected chi connectivity index (χ1v) is 11.3. The summed E-state index contributed by atoms with van der Waals surface area (Å²) in [5, 5.41) is 28.3. The number of H-pyrrole nitrogens is 1. The molecule has 1 aliphatic carbocycles. The highest BCUT2D eigenvalue weighted by molar-refractivity contribution is 5.97. The maximum absolute atomic E-state index is 13.4. The smallest absolute Gasteiger partial charge is 0.303 e. The highest BCUT2D eigenvalue weighted by atomic mass is 16.5. The molecule has 8 heteroatoms. The number of nitrogens with one attached hydrogen (secondary N) is 2. The molecule has 2 atom stereocenters. The van der Waals surface area contributed by atoms with Gasteiger partial charge in [-0.2, -0.15) is 10.4 Å². The van der Waals surface area contributed by atoms with Gasteiger partial charge in [0.2, 0.25) is 5.91 Å². The number of hydrogen-bond donors (Lipinski definition) is 3. The fourth-order valence-electron chi connectivity index (χ4n) is 4.96. The van der Waals surface area contributed by atoms with Gasteiger partial charge in [0, 0.05) is 40.8 Å². The number of carboxylic acids is 1. The zero-order valence-electron chi connectivity index (χ0n) is 18.5. The lowest BCUT2D eigenvalue weighted by atomic mass is 9.86. The number of rotatable bonds is 7. The Bertz CT molecular complexity index is 1290. The molecule has 2 heterocycles. The number of aliphatic carboxylic acids is 1. The molecule has 1 amide bonds. The summed E-state index contributed by atoms with van der Waals surface area (Å²) in [5.74, 6) is -0.336. The van der Waals surface area contributed by atoms with Gasteiger partial charge < -0.3 is 15.2 Å². The third-order valence-electron chi connectivity index (χ3n) is 6.86. The summed E-state index contributed by atoms with van der Waals surface area (Å²) in [6.07, 6.45) is 4.21. The zero-order chi connectivity index (χ0) is 23.7. The second kappa shape index (κ2) is 8.67. The van der Waals surface area contributed by atoms with E-state index in [2.05, 4.69) is 27.6 Å². The zero-order valence-corrected chi connectivity index (χ0v) is 18.5. The van der Waals surface area contributed by atoms with Crippen molar-refractivity contribution in [1.82, 2.24) is 10.2 Å². The number of fused-ring (bicyclic) bond motifs is 2. The number of carbonyl (C=O) groups is 2. The van der Waals surface area contributed by atoms with Gasteiger partial charge in [0.15, 0.2) is 0 Å². The Morgan fingerprint density at radius 2 is 2.15 bits per heavy atom. The molecule has 1 aromatic heterocycles. The molecule has 0 saturated heterocycles. The summed E-state index contributed by atoms with van der Waals surface area (Å²) in [5.41, 5.74) is 4.53. The number of carboxylic acid groups (broad SMARTS) is 1. The first kappa shape index (κ1) is 21.7. The fourth-order valence-corrected chi connectivity index (χ4v) is 4.96. The van der Waals surface area contributed by atoms with Crippen molar-refractivity contribution in [3.63, 3.8) is 0 Å². The monoisotopic (exact) mass is 456 g/mol. The van der Waals surface area contributed by atoms with Crippen molar-refractivity contribution in [3.8, 4) is 23.1 Å². The van der Waals surface area contributed by atoms with Crippen molar-refractivity contribution in [3.05, 3.63) is 65.4 Å². The minimum absolute atomic E-state index is 0.0502. The molecule has 1 saturated carbocycles. The van der Waals surface area contributed by atoms with Gasteiger partial charge in [-0.3, -0.25) is 14.7 Å². The number of nitriles is 1. The standard InChI is InChI=1S/C26H24N4O4/c27-15-16-4-5-17(2-1-3-24(31)32)22(12-16)29-25(33)20-14-26(20)9-11-34-23-7-6-18(13-19(23)26)21-8-10-28-30-21/h4-8,10,12-13,20H,1-3,9,11,14H2,(H,28,30)(H,29,33)(H,31,32)/t20-,26?/m0/s1. The largest absolute Gasteiger partial charge is 0.493 e. The van der Waals surface area contributed by atoms with Crippen LogP contribution in [-0.2, 0) is 21.4 Å². The van der Waals surface area contributed by atoms with Crippen molar-refractivity contribution in [2.45, 2.75) is 37.5 Å². The molecule has 2 aliphatic rings. The van der Waals surface area contributed by atoms with Gasteiger partial charge in [0.25, 0.3) is 0 Å². The number of ether oxygens (including phenoxy) is 1. The molecule has 1 unspecified atom stereocenters. The first-order valence-electron chi connectivity index (χ1n) is 11.3. The third kappa shape index (κ3) is 4.01. The number of nitrogens with zero attached hydrogens (tertiary/aromatic N) is 2. The van der Waals surface area contributed by atoms with Crippen LogP contribution in [0.1, 0.15) is 42.4 Å². The number of aromatic nitrogens is 2. The molecule has 0 bridgehead atoms. The van der Waals surface area contributed by atoms with Crippen molar-refractivity contribution in [1.29, 1.82) is 5.26 Å². The Hall–Kier alpha value is -4.12. The molecule has 2 aromatic carbocycles. The molecule has 1 spiro atoms. The Balaban J connectivity index is 1.38. The van der Waals surface area contributed by atoms with Crippen molar-refractivity contribution >= 4 is 17.6 Å². The second-order valence-electron chi connectivity index (χ2n) is 8.91. The topological polar surface area (TPSA) is 128 Å². The minimum Gasteiger partial charge on any atom is -0.493 e. The average Bonchev–Trinajstić information content (AvgIpc) is 3.28. The summed E-state index contributed by atoms with van der Waals surface area (Å²) in [4.78, 5) is 24.3. The van der Waals surface area contributed by atoms with E-state index in [1.807, 2.05) is 18.2 Å². The van der Waals surface area contributed by atoms with E-state index >= 15 is 0 Å². The molecular weight excluding hydrogens is 432 g/mol. The summed E-state index contributed by atoms with van der Waals surface area (Å²) >= 11 is 0. The predicted molar refractivity (Wildman–Crippen MR) is 124 cm³/mol. The molecule has 8 nitrogen and oxygen atoms in total. The highest BCUT2D eigenvalue weighted by Crippen LogP contribution is 2.61. The molecule has 3 aromatic rings. The summed E-state index contributed by atoms with van der Waals surface area (Å²) in [7, 11) is 0. The van der Waals surface area contributed by atoms with Crippen LogP contribution in [0.3, 0.4) is 0 Å². The van der Waals surface area contributed by atoms with Crippen LogP contribution in [0.5, 0.6) is 5.75 Å². The van der Waals surface area contributed by atoms with E-state index in [4.69, 9.17) is 9.84 Å². The van der Waals surface area contributed by atoms with Crippen LogP contribution in [0.4, 0.5) is 5.69 Å². The van der Waals surface area contributed by atoms with Gasteiger partial charge in [0.1, 0.15) is 5.75 Å². The SMILES string of the molecule is N#Cc1ccc(CCCC(=O)O)c(NC(=O)[C@@H]2CC23CCOc2ccc(-c4ccn[nH]4)cc23)c1. The number of benzene rings is 2. The van der Waals surface area contributed by atoms with Gasteiger partial charge in [-0.1, -0.05) is 6.07 Å².